The molecule has 90 valence electrons. The summed E-state index contributed by atoms with van der Waals surface area (Å²) in [6.45, 7) is 3.32. The molecule has 1 heterocycles. The summed E-state index contributed by atoms with van der Waals surface area (Å²) in [5.41, 5.74) is 5.51. The van der Waals surface area contributed by atoms with Crippen LogP contribution in [0.25, 0.3) is 0 Å². The number of nitrogens with two attached hydrogens (primary N) is 1. The Morgan fingerprint density at radius 1 is 1.19 bits per heavy atom. The number of hydrogen-bond donors (Lipinski definition) is 2. The zero-order valence-corrected chi connectivity index (χ0v) is 9.73. The highest BCUT2D eigenvalue weighted by atomic mass is 16.5. The van der Waals surface area contributed by atoms with Gasteiger partial charge in [-0.3, -0.25) is 0 Å². The summed E-state index contributed by atoms with van der Waals surface area (Å²) in [5.74, 6) is 0.762. The Balaban J connectivity index is 2.71. The van der Waals surface area contributed by atoms with Gasteiger partial charge in [-0.25, -0.2) is 0 Å². The van der Waals surface area contributed by atoms with E-state index >= 15 is 0 Å². The third-order valence-corrected chi connectivity index (χ3v) is 1.97. The summed E-state index contributed by atoms with van der Waals surface area (Å²) in [6.07, 6.45) is 0. The van der Waals surface area contributed by atoms with Crippen molar-refractivity contribution in [2.24, 2.45) is 11.7 Å². The highest BCUT2D eigenvalue weighted by Gasteiger charge is 2.07. The Hall–Kier alpha value is -1.63. The molecule has 0 aromatic carbocycles. The second kappa shape index (κ2) is 6.06. The van der Waals surface area contributed by atoms with Crippen LogP contribution in [-0.2, 0) is 0 Å². The molecule has 1 atom stereocenters. The van der Waals surface area contributed by atoms with Crippen LogP contribution in [0.1, 0.15) is 6.92 Å². The topological polar surface area (TPSA) is 95.2 Å². The Morgan fingerprint density at radius 3 is 2.19 bits per heavy atom. The van der Waals surface area contributed by atoms with Gasteiger partial charge >= 0.3 is 12.0 Å². The van der Waals surface area contributed by atoms with Gasteiger partial charge in [-0.2, -0.15) is 9.97 Å². The lowest BCUT2D eigenvalue weighted by molar-refractivity contribution is 0.341. The zero-order valence-electron chi connectivity index (χ0n) is 9.73. The zero-order chi connectivity index (χ0) is 12.0. The predicted molar refractivity (Wildman–Crippen MR) is 59.6 cm³/mol. The van der Waals surface area contributed by atoms with E-state index in [4.69, 9.17) is 15.2 Å². The van der Waals surface area contributed by atoms with E-state index in [-0.39, 0.29) is 12.0 Å². The highest BCUT2D eigenvalue weighted by molar-refractivity contribution is 5.27. The molecule has 0 saturated heterocycles. The lowest BCUT2D eigenvalue weighted by Gasteiger charge is -2.10. The summed E-state index contributed by atoms with van der Waals surface area (Å²) in [5, 5.41) is 3.04. The Labute approximate surface area is 94.4 Å². The third kappa shape index (κ3) is 3.50. The van der Waals surface area contributed by atoms with Crippen LogP contribution in [0.2, 0.25) is 0 Å². The summed E-state index contributed by atoms with van der Waals surface area (Å²) in [4.78, 5) is 11.9. The Bertz CT molecular complexity index is 311. The monoisotopic (exact) mass is 227 g/mol. The van der Waals surface area contributed by atoms with Crippen LogP contribution in [0.15, 0.2) is 0 Å². The van der Waals surface area contributed by atoms with Crippen LogP contribution in [0, 0.1) is 5.92 Å². The van der Waals surface area contributed by atoms with Crippen molar-refractivity contribution in [1.29, 1.82) is 0 Å². The minimum Gasteiger partial charge on any atom is -0.467 e. The molecule has 7 heteroatoms. The fourth-order valence-corrected chi connectivity index (χ4v) is 0.948. The summed E-state index contributed by atoms with van der Waals surface area (Å²) >= 11 is 0. The molecule has 0 saturated carbocycles. The van der Waals surface area contributed by atoms with Gasteiger partial charge in [0.25, 0.3) is 0 Å². The van der Waals surface area contributed by atoms with Crippen molar-refractivity contribution < 1.29 is 9.47 Å². The molecule has 0 aliphatic carbocycles. The number of nitrogens with zero attached hydrogens (tertiary/aromatic N) is 3. The minimum absolute atomic E-state index is 0.217. The van der Waals surface area contributed by atoms with Crippen molar-refractivity contribution in [2.45, 2.75) is 6.92 Å². The van der Waals surface area contributed by atoms with E-state index in [1.807, 2.05) is 6.92 Å². The maximum Gasteiger partial charge on any atom is 0.324 e. The van der Waals surface area contributed by atoms with Gasteiger partial charge in [-0.15, -0.1) is 4.98 Å². The fraction of sp³-hybridized carbons (Fsp3) is 0.667. The predicted octanol–water partition coefficient (Wildman–Crippen LogP) is -0.104. The number of hydrogen-bond acceptors (Lipinski definition) is 7. The summed E-state index contributed by atoms with van der Waals surface area (Å²) in [7, 11) is 2.97. The fourth-order valence-electron chi connectivity index (χ4n) is 0.948. The largest absolute Gasteiger partial charge is 0.467 e. The molecule has 0 fully saturated rings. The molecule has 0 aliphatic heterocycles. The van der Waals surface area contributed by atoms with Crippen molar-refractivity contribution in [3.05, 3.63) is 0 Å². The number of nitrogens with one attached hydrogen (secondary N) is 1. The standard InChI is InChI=1S/C9H17N5O2/c1-6(4-10)5-11-7-12-8(15-2)14-9(13-7)16-3/h6H,4-5,10H2,1-3H3,(H,11,12,13,14). The van der Waals surface area contributed by atoms with Gasteiger partial charge in [0, 0.05) is 6.54 Å². The van der Waals surface area contributed by atoms with E-state index in [1.165, 1.54) is 14.2 Å². The van der Waals surface area contributed by atoms with Crippen molar-refractivity contribution >= 4 is 5.95 Å². The molecule has 0 bridgehead atoms. The molecule has 0 aliphatic rings. The molecule has 0 spiro atoms. The molecule has 0 amide bonds. The van der Waals surface area contributed by atoms with Gasteiger partial charge in [0.1, 0.15) is 0 Å². The van der Waals surface area contributed by atoms with Crippen molar-refractivity contribution in [2.75, 3.05) is 32.6 Å². The molecule has 1 aromatic heterocycles. The first-order valence-electron chi connectivity index (χ1n) is 4.97. The van der Waals surface area contributed by atoms with Gasteiger partial charge < -0.3 is 20.5 Å². The Kier molecular flexibility index (Phi) is 4.71. The average molecular weight is 227 g/mol. The lowest BCUT2D eigenvalue weighted by atomic mass is 10.2. The van der Waals surface area contributed by atoms with Crippen LogP contribution in [0.4, 0.5) is 5.95 Å². The van der Waals surface area contributed by atoms with Crippen LogP contribution >= 0.6 is 0 Å². The van der Waals surface area contributed by atoms with Crippen molar-refractivity contribution in [1.82, 2.24) is 15.0 Å². The Morgan fingerprint density at radius 2 is 1.75 bits per heavy atom. The summed E-state index contributed by atoms with van der Waals surface area (Å²) < 4.78 is 9.85. The van der Waals surface area contributed by atoms with E-state index in [1.54, 1.807) is 0 Å². The number of methoxy groups -OCH3 is 2. The van der Waals surface area contributed by atoms with Gasteiger partial charge in [0.2, 0.25) is 5.95 Å². The van der Waals surface area contributed by atoms with Gasteiger partial charge in [0.05, 0.1) is 14.2 Å². The second-order valence-corrected chi connectivity index (χ2v) is 3.35. The van der Waals surface area contributed by atoms with Crippen molar-refractivity contribution in [3.63, 3.8) is 0 Å². The van der Waals surface area contributed by atoms with E-state index in [9.17, 15) is 0 Å². The molecular weight excluding hydrogens is 210 g/mol. The van der Waals surface area contributed by atoms with E-state index in [0.717, 1.165) is 0 Å². The maximum atomic E-state index is 5.51. The molecular formula is C9H17N5O2. The first-order chi connectivity index (χ1) is 7.69. The molecule has 7 nitrogen and oxygen atoms in total. The van der Waals surface area contributed by atoms with E-state index < -0.39 is 0 Å². The van der Waals surface area contributed by atoms with Crippen LogP contribution in [0.3, 0.4) is 0 Å². The van der Waals surface area contributed by atoms with Gasteiger partial charge in [-0.1, -0.05) is 6.92 Å². The van der Waals surface area contributed by atoms with Crippen LogP contribution in [0.5, 0.6) is 12.0 Å². The molecule has 16 heavy (non-hydrogen) atoms. The quantitative estimate of drug-likeness (QED) is 0.700. The molecule has 1 rings (SSSR count). The van der Waals surface area contributed by atoms with E-state index in [0.29, 0.717) is 25.0 Å². The molecule has 3 N–H and O–H groups in total. The smallest absolute Gasteiger partial charge is 0.324 e. The minimum atomic E-state index is 0.217. The molecule has 1 unspecified atom stereocenters. The average Bonchev–Trinajstić information content (AvgIpc) is 2.35. The number of anilines is 1. The SMILES string of the molecule is COc1nc(NCC(C)CN)nc(OC)n1. The second-order valence-electron chi connectivity index (χ2n) is 3.35. The highest BCUT2D eigenvalue weighted by Crippen LogP contribution is 2.12. The normalized spacial score (nSPS) is 12.0. The number of rotatable bonds is 6. The first kappa shape index (κ1) is 12.4. The number of aromatic nitrogens is 3. The maximum absolute atomic E-state index is 5.51. The third-order valence-electron chi connectivity index (χ3n) is 1.97. The molecule has 0 radical (unpaired) electrons. The van der Waals surface area contributed by atoms with Crippen molar-refractivity contribution in [3.8, 4) is 12.0 Å². The summed E-state index contributed by atoms with van der Waals surface area (Å²) in [6, 6.07) is 0.435. The lowest BCUT2D eigenvalue weighted by Crippen LogP contribution is -2.21. The van der Waals surface area contributed by atoms with Crippen LogP contribution in [-0.4, -0.2) is 42.3 Å². The first-order valence-corrected chi connectivity index (χ1v) is 4.97. The van der Waals surface area contributed by atoms with Gasteiger partial charge in [-0.05, 0) is 12.5 Å². The molecule has 1 aromatic rings. The number of ether oxygens (including phenoxy) is 2. The van der Waals surface area contributed by atoms with Gasteiger partial charge in [0.15, 0.2) is 0 Å². The van der Waals surface area contributed by atoms with Crippen LogP contribution < -0.4 is 20.5 Å². The van der Waals surface area contributed by atoms with E-state index in [2.05, 4.69) is 20.3 Å².